The van der Waals surface area contributed by atoms with Gasteiger partial charge in [0.1, 0.15) is 28.8 Å². The van der Waals surface area contributed by atoms with Gasteiger partial charge in [-0.15, -0.1) is 5.10 Å². The zero-order valence-electron chi connectivity index (χ0n) is 19.7. The third-order valence-electron chi connectivity index (χ3n) is 5.11. The molecular formula is C26H21Cl2N3O5S. The molecule has 0 radical (unpaired) electrons. The first-order valence-electron chi connectivity index (χ1n) is 10.8. The minimum atomic E-state index is -1.13. The Morgan fingerprint density at radius 1 is 1.05 bits per heavy atom. The second kappa shape index (κ2) is 12.1. The summed E-state index contributed by atoms with van der Waals surface area (Å²) in [6, 6.07) is 17.5. The third-order valence-corrected chi connectivity index (χ3v) is 6.57. The van der Waals surface area contributed by atoms with Crippen molar-refractivity contribution in [1.29, 1.82) is 0 Å². The number of para-hydroxylation sites is 1. The number of carboxylic acid groups (broad SMARTS) is 1. The molecule has 0 atom stereocenters. The first-order valence-corrected chi connectivity index (χ1v) is 12.4. The second-order valence-electron chi connectivity index (χ2n) is 7.55. The Morgan fingerprint density at radius 2 is 1.78 bits per heavy atom. The normalized spacial score (nSPS) is 11.3. The van der Waals surface area contributed by atoms with Crippen molar-refractivity contribution in [2.75, 3.05) is 14.2 Å². The number of benzene rings is 3. The number of carbonyl (C=O) groups is 1. The molecule has 8 nitrogen and oxygen atoms in total. The smallest absolute Gasteiger partial charge is 0.342 e. The summed E-state index contributed by atoms with van der Waals surface area (Å²) >= 11 is 13.1. The van der Waals surface area contributed by atoms with Crippen LogP contribution in [0.1, 0.15) is 11.1 Å². The molecule has 0 fully saturated rings. The maximum absolute atomic E-state index is 12.1. The molecule has 4 aromatic rings. The van der Waals surface area contributed by atoms with E-state index in [0.717, 1.165) is 17.3 Å². The molecule has 0 aliphatic rings. The van der Waals surface area contributed by atoms with Crippen molar-refractivity contribution in [2.45, 2.75) is 11.8 Å². The van der Waals surface area contributed by atoms with Crippen LogP contribution >= 0.6 is 35.0 Å². The number of thioether (sulfide) groups is 1. The summed E-state index contributed by atoms with van der Waals surface area (Å²) in [5.74, 6) is 0.972. The molecule has 3 aromatic carbocycles. The zero-order chi connectivity index (χ0) is 26.4. The van der Waals surface area contributed by atoms with Gasteiger partial charge in [0.15, 0.2) is 5.82 Å². The maximum atomic E-state index is 12.1. The zero-order valence-corrected chi connectivity index (χ0v) is 22.0. The predicted octanol–water partition coefficient (Wildman–Crippen LogP) is 6.59. The molecule has 37 heavy (non-hydrogen) atoms. The standard InChI is InChI=1S/C26H21Cl2N3O5S/c1-34-19-9-17(10-20(13-19)35-2)24-29-26(31-30-24)37-23(25(32)33)11-15-5-3-4-6-22(15)36-14-16-7-8-18(27)12-21(16)28/h3-13H,14H2,1-2H3,(H,32,33)(H,29,30,31)/b23-11-. The summed E-state index contributed by atoms with van der Waals surface area (Å²) in [5, 5.41) is 18.1. The van der Waals surface area contributed by atoms with Crippen molar-refractivity contribution in [3.63, 3.8) is 0 Å². The van der Waals surface area contributed by atoms with Crippen molar-refractivity contribution in [1.82, 2.24) is 15.2 Å². The van der Waals surface area contributed by atoms with Crippen molar-refractivity contribution in [2.24, 2.45) is 0 Å². The van der Waals surface area contributed by atoms with Crippen molar-refractivity contribution in [3.8, 4) is 28.6 Å². The summed E-state index contributed by atoms with van der Waals surface area (Å²) < 4.78 is 16.5. The summed E-state index contributed by atoms with van der Waals surface area (Å²) in [7, 11) is 3.10. The van der Waals surface area contributed by atoms with Crippen LogP contribution in [0.4, 0.5) is 0 Å². The van der Waals surface area contributed by atoms with Gasteiger partial charge in [-0.3, -0.25) is 5.10 Å². The number of nitrogens with zero attached hydrogens (tertiary/aromatic N) is 2. The fraction of sp³-hybridized carbons (Fsp3) is 0.115. The van der Waals surface area contributed by atoms with Gasteiger partial charge in [0.05, 0.1) is 14.2 Å². The predicted molar refractivity (Wildman–Crippen MR) is 144 cm³/mol. The number of aromatic amines is 1. The lowest BCUT2D eigenvalue weighted by atomic mass is 10.2. The summed E-state index contributed by atoms with van der Waals surface area (Å²) in [4.78, 5) is 16.5. The van der Waals surface area contributed by atoms with E-state index in [1.54, 1.807) is 74.9 Å². The molecule has 0 bridgehead atoms. The Balaban J connectivity index is 1.56. The first kappa shape index (κ1) is 26.4. The number of aliphatic carboxylic acids is 1. The summed E-state index contributed by atoms with van der Waals surface area (Å²) in [5.41, 5.74) is 2.00. The van der Waals surface area contributed by atoms with E-state index in [0.29, 0.717) is 44.2 Å². The molecule has 0 saturated carbocycles. The molecule has 0 unspecified atom stereocenters. The van der Waals surface area contributed by atoms with Crippen LogP contribution < -0.4 is 14.2 Å². The lowest BCUT2D eigenvalue weighted by Crippen LogP contribution is -2.00. The Morgan fingerprint density at radius 3 is 2.46 bits per heavy atom. The Bertz CT molecular complexity index is 1440. The molecule has 0 aliphatic heterocycles. The molecule has 1 heterocycles. The van der Waals surface area contributed by atoms with Crippen LogP contribution in [0.5, 0.6) is 17.2 Å². The van der Waals surface area contributed by atoms with Gasteiger partial charge >= 0.3 is 5.97 Å². The van der Waals surface area contributed by atoms with Gasteiger partial charge in [-0.2, -0.15) is 0 Å². The van der Waals surface area contributed by atoms with E-state index in [1.165, 1.54) is 6.08 Å². The minimum Gasteiger partial charge on any atom is -0.497 e. The van der Waals surface area contributed by atoms with Gasteiger partial charge in [-0.1, -0.05) is 47.5 Å². The van der Waals surface area contributed by atoms with Crippen LogP contribution in [-0.4, -0.2) is 40.5 Å². The molecule has 4 rings (SSSR count). The summed E-state index contributed by atoms with van der Waals surface area (Å²) in [6.07, 6.45) is 1.51. The van der Waals surface area contributed by atoms with E-state index in [2.05, 4.69) is 15.2 Å². The number of nitrogens with one attached hydrogen (secondary N) is 1. The number of H-pyrrole nitrogens is 1. The summed E-state index contributed by atoms with van der Waals surface area (Å²) in [6.45, 7) is 0.185. The van der Waals surface area contributed by atoms with Gasteiger partial charge in [0.25, 0.3) is 0 Å². The number of methoxy groups -OCH3 is 2. The lowest BCUT2D eigenvalue weighted by molar-refractivity contribution is -0.131. The maximum Gasteiger partial charge on any atom is 0.342 e. The van der Waals surface area contributed by atoms with Crippen LogP contribution in [-0.2, 0) is 11.4 Å². The highest BCUT2D eigenvalue weighted by atomic mass is 35.5. The highest BCUT2D eigenvalue weighted by Gasteiger charge is 2.16. The number of ether oxygens (including phenoxy) is 3. The van der Waals surface area contributed by atoms with Crippen molar-refractivity contribution < 1.29 is 24.1 Å². The molecule has 0 saturated heterocycles. The highest BCUT2D eigenvalue weighted by Crippen LogP contribution is 2.32. The van der Waals surface area contributed by atoms with Crippen molar-refractivity contribution >= 4 is 47.0 Å². The van der Waals surface area contributed by atoms with Gasteiger partial charge in [-0.25, -0.2) is 9.78 Å². The first-order chi connectivity index (χ1) is 17.9. The molecule has 190 valence electrons. The molecule has 0 amide bonds. The number of aromatic nitrogens is 3. The van der Waals surface area contributed by atoms with E-state index in [9.17, 15) is 9.90 Å². The van der Waals surface area contributed by atoms with Crippen LogP contribution in [0.25, 0.3) is 17.5 Å². The SMILES string of the molecule is COc1cc(OC)cc(-c2nc(S/C(=C\c3ccccc3OCc3ccc(Cl)cc3Cl)C(=O)O)n[nH]2)c1. The van der Waals surface area contributed by atoms with Gasteiger partial charge in [0, 0.05) is 32.8 Å². The van der Waals surface area contributed by atoms with Crippen LogP contribution in [0.3, 0.4) is 0 Å². The molecule has 0 spiro atoms. The van der Waals surface area contributed by atoms with Crippen LogP contribution in [0.2, 0.25) is 10.0 Å². The number of rotatable bonds is 10. The average Bonchev–Trinajstić information content (AvgIpc) is 3.37. The second-order valence-corrected chi connectivity index (χ2v) is 9.40. The Labute approximate surface area is 227 Å². The highest BCUT2D eigenvalue weighted by molar-refractivity contribution is 8.04. The average molecular weight is 558 g/mol. The van der Waals surface area contributed by atoms with Gasteiger partial charge < -0.3 is 19.3 Å². The number of hydrogen-bond donors (Lipinski definition) is 2. The minimum absolute atomic E-state index is 0.00866. The van der Waals surface area contributed by atoms with Gasteiger partial charge in [0.2, 0.25) is 5.16 Å². The number of halogens is 2. The molecular weight excluding hydrogens is 537 g/mol. The van der Waals surface area contributed by atoms with E-state index >= 15 is 0 Å². The molecule has 2 N–H and O–H groups in total. The van der Waals surface area contributed by atoms with E-state index in [-0.39, 0.29) is 16.7 Å². The van der Waals surface area contributed by atoms with E-state index in [1.807, 2.05) is 0 Å². The molecule has 11 heteroatoms. The number of carboxylic acids is 1. The Hall–Kier alpha value is -3.66. The van der Waals surface area contributed by atoms with E-state index in [4.69, 9.17) is 37.4 Å². The number of hydrogen-bond acceptors (Lipinski definition) is 7. The Kier molecular flexibility index (Phi) is 8.60. The topological polar surface area (TPSA) is 107 Å². The van der Waals surface area contributed by atoms with Crippen molar-refractivity contribution in [3.05, 3.63) is 86.7 Å². The van der Waals surface area contributed by atoms with E-state index < -0.39 is 5.97 Å². The fourth-order valence-electron chi connectivity index (χ4n) is 3.27. The largest absolute Gasteiger partial charge is 0.497 e. The van der Waals surface area contributed by atoms with Gasteiger partial charge in [-0.05, 0) is 48.2 Å². The fourth-order valence-corrected chi connectivity index (χ4v) is 4.43. The van der Waals surface area contributed by atoms with Crippen LogP contribution in [0.15, 0.2) is 70.7 Å². The lowest BCUT2D eigenvalue weighted by Gasteiger charge is -2.11. The quantitative estimate of drug-likeness (QED) is 0.166. The third kappa shape index (κ3) is 6.76. The van der Waals surface area contributed by atoms with Crippen LogP contribution in [0, 0.1) is 0 Å². The monoisotopic (exact) mass is 557 g/mol. The molecule has 1 aromatic heterocycles. The molecule has 0 aliphatic carbocycles.